The van der Waals surface area contributed by atoms with E-state index >= 15 is 0 Å². The number of hydrogen-bond donors (Lipinski definition) is 0. The van der Waals surface area contributed by atoms with Crippen LogP contribution in [0.3, 0.4) is 0 Å². The minimum atomic E-state index is -0.439. The summed E-state index contributed by atoms with van der Waals surface area (Å²) >= 11 is 5.93. The molecule has 1 aliphatic rings. The van der Waals surface area contributed by atoms with E-state index in [-0.39, 0.29) is 5.78 Å². The van der Waals surface area contributed by atoms with E-state index in [1.807, 2.05) is 32.9 Å². The van der Waals surface area contributed by atoms with Gasteiger partial charge in [-0.15, -0.1) is 0 Å². The third kappa shape index (κ3) is 2.66. The van der Waals surface area contributed by atoms with Gasteiger partial charge >= 0.3 is 0 Å². The molecule has 0 spiro atoms. The van der Waals surface area contributed by atoms with Gasteiger partial charge in [0.2, 0.25) is 0 Å². The van der Waals surface area contributed by atoms with Crippen LogP contribution >= 0.6 is 11.6 Å². The molecule has 0 bridgehead atoms. The second-order valence-electron chi connectivity index (χ2n) is 6.32. The first-order chi connectivity index (χ1) is 10.4. The molecule has 3 rings (SSSR count). The topological polar surface area (TPSA) is 55.7 Å². The standard InChI is InChI=1S/C17H16ClN3O/c1-17(2,3)16(22)11-4-5-12-15(11)21-13(9-20-12)10-6-7-19-14(18)8-10/h4,6-9H,5H2,1-3H3. The average molecular weight is 314 g/mol. The van der Waals surface area contributed by atoms with Gasteiger partial charge in [-0.3, -0.25) is 9.78 Å². The SMILES string of the molecule is CC(C)(C)C(=O)C1=CCc2ncc(-c3ccnc(Cl)c3)nc21. The van der Waals surface area contributed by atoms with E-state index in [1.54, 1.807) is 18.5 Å². The summed E-state index contributed by atoms with van der Waals surface area (Å²) in [7, 11) is 0. The molecule has 2 heterocycles. The van der Waals surface area contributed by atoms with Crippen LogP contribution in [0, 0.1) is 5.41 Å². The maximum absolute atomic E-state index is 12.6. The van der Waals surface area contributed by atoms with Gasteiger partial charge in [-0.25, -0.2) is 9.97 Å². The number of carbonyl (C=O) groups is 1. The number of hydrogen-bond acceptors (Lipinski definition) is 4. The Bertz CT molecular complexity index is 791. The number of Topliss-reactive ketones (excluding diaryl/α,β-unsaturated/α-hetero) is 1. The quantitative estimate of drug-likeness (QED) is 0.792. The van der Waals surface area contributed by atoms with Crippen molar-refractivity contribution in [3.05, 3.63) is 47.1 Å². The lowest BCUT2D eigenvalue weighted by Crippen LogP contribution is -2.21. The number of rotatable bonds is 2. The van der Waals surface area contributed by atoms with E-state index < -0.39 is 5.41 Å². The van der Waals surface area contributed by atoms with E-state index in [9.17, 15) is 4.79 Å². The van der Waals surface area contributed by atoms with Crippen molar-refractivity contribution in [2.75, 3.05) is 0 Å². The van der Waals surface area contributed by atoms with Gasteiger partial charge in [-0.2, -0.15) is 0 Å². The summed E-state index contributed by atoms with van der Waals surface area (Å²) in [5, 5.41) is 0.404. The number of nitrogens with zero attached hydrogens (tertiary/aromatic N) is 3. The summed E-state index contributed by atoms with van der Waals surface area (Å²) in [6.45, 7) is 5.73. The zero-order chi connectivity index (χ0) is 15.9. The second kappa shape index (κ2) is 5.29. The fraction of sp³-hybridized carbons (Fsp3) is 0.294. The van der Waals surface area contributed by atoms with E-state index in [1.165, 1.54) is 0 Å². The van der Waals surface area contributed by atoms with Crippen molar-refractivity contribution in [1.82, 2.24) is 15.0 Å². The molecular weight excluding hydrogens is 298 g/mol. The molecule has 0 aromatic carbocycles. The maximum atomic E-state index is 12.6. The highest BCUT2D eigenvalue weighted by Gasteiger charge is 2.31. The number of aromatic nitrogens is 3. The highest BCUT2D eigenvalue weighted by molar-refractivity contribution is 6.29. The Morgan fingerprint density at radius 2 is 2.05 bits per heavy atom. The Balaban J connectivity index is 2.04. The number of fused-ring (bicyclic) bond motifs is 1. The van der Waals surface area contributed by atoms with Crippen molar-refractivity contribution in [1.29, 1.82) is 0 Å². The summed E-state index contributed by atoms with van der Waals surface area (Å²) in [6, 6.07) is 3.56. The predicted molar refractivity (Wildman–Crippen MR) is 86.4 cm³/mol. The number of allylic oxidation sites excluding steroid dienone is 2. The third-order valence-electron chi connectivity index (χ3n) is 3.55. The number of pyridine rings is 1. The smallest absolute Gasteiger partial charge is 0.170 e. The zero-order valence-corrected chi connectivity index (χ0v) is 13.5. The third-order valence-corrected chi connectivity index (χ3v) is 3.76. The Hall–Kier alpha value is -2.07. The minimum absolute atomic E-state index is 0.0884. The lowest BCUT2D eigenvalue weighted by atomic mass is 9.86. The normalized spacial score (nSPS) is 13.7. The largest absolute Gasteiger partial charge is 0.294 e. The van der Waals surface area contributed by atoms with Gasteiger partial charge in [-0.1, -0.05) is 38.4 Å². The molecule has 0 unspecified atom stereocenters. The highest BCUT2D eigenvalue weighted by atomic mass is 35.5. The molecule has 22 heavy (non-hydrogen) atoms. The number of halogens is 1. The van der Waals surface area contributed by atoms with Crippen LogP contribution in [0.5, 0.6) is 0 Å². The van der Waals surface area contributed by atoms with Crippen molar-refractivity contribution in [3.8, 4) is 11.3 Å². The maximum Gasteiger partial charge on any atom is 0.170 e. The second-order valence-corrected chi connectivity index (χ2v) is 6.71. The Kier molecular flexibility index (Phi) is 3.57. The molecule has 2 aromatic rings. The molecule has 0 N–H and O–H groups in total. The molecule has 0 atom stereocenters. The van der Waals surface area contributed by atoms with Crippen LogP contribution in [0.4, 0.5) is 0 Å². The van der Waals surface area contributed by atoms with Crippen molar-refractivity contribution < 1.29 is 4.79 Å². The fourth-order valence-corrected chi connectivity index (χ4v) is 2.55. The van der Waals surface area contributed by atoms with Gasteiger partial charge in [0, 0.05) is 29.2 Å². The van der Waals surface area contributed by atoms with Crippen LogP contribution in [0.25, 0.3) is 16.8 Å². The lowest BCUT2D eigenvalue weighted by Gasteiger charge is -2.17. The van der Waals surface area contributed by atoms with Crippen molar-refractivity contribution >= 4 is 23.0 Å². The van der Waals surface area contributed by atoms with Crippen molar-refractivity contribution in [3.63, 3.8) is 0 Å². The van der Waals surface area contributed by atoms with Crippen LogP contribution in [-0.4, -0.2) is 20.7 Å². The van der Waals surface area contributed by atoms with Crippen LogP contribution in [0.1, 0.15) is 32.2 Å². The molecule has 4 nitrogen and oxygen atoms in total. The van der Waals surface area contributed by atoms with Gasteiger partial charge < -0.3 is 0 Å². The van der Waals surface area contributed by atoms with Crippen LogP contribution in [-0.2, 0) is 11.2 Å². The van der Waals surface area contributed by atoms with Gasteiger partial charge in [0.25, 0.3) is 0 Å². The van der Waals surface area contributed by atoms with Crippen LogP contribution in [0.15, 0.2) is 30.6 Å². The summed E-state index contributed by atoms with van der Waals surface area (Å²) in [6.07, 6.45) is 5.91. The van der Waals surface area contributed by atoms with Gasteiger partial charge in [0.15, 0.2) is 5.78 Å². The first-order valence-electron chi connectivity index (χ1n) is 7.09. The Labute approximate surface area is 134 Å². The Morgan fingerprint density at radius 1 is 1.27 bits per heavy atom. The first kappa shape index (κ1) is 14.9. The molecule has 0 saturated heterocycles. The number of carbonyl (C=O) groups excluding carboxylic acids is 1. The molecule has 2 aromatic heterocycles. The summed E-state index contributed by atoms with van der Waals surface area (Å²) in [4.78, 5) is 25.6. The van der Waals surface area contributed by atoms with E-state index in [2.05, 4.69) is 15.0 Å². The molecule has 0 radical (unpaired) electrons. The van der Waals surface area contributed by atoms with Crippen LogP contribution < -0.4 is 0 Å². The first-order valence-corrected chi connectivity index (χ1v) is 7.47. The summed E-state index contributed by atoms with van der Waals surface area (Å²) in [5.41, 5.74) is 3.28. The lowest BCUT2D eigenvalue weighted by molar-refractivity contribution is -0.120. The molecule has 0 saturated carbocycles. The van der Waals surface area contributed by atoms with Crippen LogP contribution in [0.2, 0.25) is 5.15 Å². The molecular formula is C17H16ClN3O. The molecule has 0 fully saturated rings. The molecule has 5 heteroatoms. The minimum Gasteiger partial charge on any atom is -0.294 e. The van der Waals surface area contributed by atoms with Crippen molar-refractivity contribution in [2.24, 2.45) is 5.41 Å². The van der Waals surface area contributed by atoms with Crippen molar-refractivity contribution in [2.45, 2.75) is 27.2 Å². The van der Waals surface area contributed by atoms with Gasteiger partial charge in [-0.05, 0) is 12.1 Å². The van der Waals surface area contributed by atoms with E-state index in [4.69, 9.17) is 11.6 Å². The zero-order valence-electron chi connectivity index (χ0n) is 12.7. The predicted octanol–water partition coefficient (Wildman–Crippen LogP) is 3.75. The monoisotopic (exact) mass is 313 g/mol. The van der Waals surface area contributed by atoms with E-state index in [0.29, 0.717) is 28.5 Å². The Morgan fingerprint density at radius 3 is 2.73 bits per heavy atom. The average Bonchev–Trinajstić information content (AvgIpc) is 2.88. The molecule has 1 aliphatic carbocycles. The summed E-state index contributed by atoms with van der Waals surface area (Å²) < 4.78 is 0. The fourth-order valence-electron chi connectivity index (χ4n) is 2.38. The van der Waals surface area contributed by atoms with Gasteiger partial charge in [0.05, 0.1) is 23.3 Å². The van der Waals surface area contributed by atoms with E-state index in [0.717, 1.165) is 11.3 Å². The van der Waals surface area contributed by atoms with Gasteiger partial charge in [0.1, 0.15) is 5.15 Å². The molecule has 0 aliphatic heterocycles. The number of ketones is 1. The molecule has 0 amide bonds. The molecule has 112 valence electrons. The summed E-state index contributed by atoms with van der Waals surface area (Å²) in [5.74, 6) is 0.0884. The highest BCUT2D eigenvalue weighted by Crippen LogP contribution is 2.32.